The Balaban J connectivity index is 2.22. The molecule has 0 aromatic heterocycles. The molecule has 18 heavy (non-hydrogen) atoms. The molecule has 0 amide bonds. The summed E-state index contributed by atoms with van der Waals surface area (Å²) in [6.07, 6.45) is 2.76. The lowest BCUT2D eigenvalue weighted by atomic mass is 10.2. The molecule has 1 N–H and O–H groups in total. The molecular formula is C15H33N3. The predicted octanol–water partition coefficient (Wildman–Crippen LogP) is 2.04. The van der Waals surface area contributed by atoms with Gasteiger partial charge >= 0.3 is 0 Å². The molecule has 1 rings (SSSR count). The van der Waals surface area contributed by atoms with E-state index in [1.807, 2.05) is 0 Å². The van der Waals surface area contributed by atoms with Gasteiger partial charge in [0.2, 0.25) is 0 Å². The Morgan fingerprint density at radius 3 is 2.61 bits per heavy atom. The average molecular weight is 255 g/mol. The summed E-state index contributed by atoms with van der Waals surface area (Å²) < 4.78 is 0. The van der Waals surface area contributed by atoms with E-state index < -0.39 is 0 Å². The van der Waals surface area contributed by atoms with Gasteiger partial charge < -0.3 is 10.2 Å². The molecule has 1 heterocycles. The van der Waals surface area contributed by atoms with Crippen molar-refractivity contribution >= 4 is 0 Å². The lowest BCUT2D eigenvalue weighted by molar-refractivity contribution is 0.199. The summed E-state index contributed by atoms with van der Waals surface area (Å²) in [5, 5.41) is 3.62. The molecule has 0 bridgehead atoms. The van der Waals surface area contributed by atoms with Crippen molar-refractivity contribution in [2.75, 3.05) is 45.8 Å². The maximum Gasteiger partial charge on any atom is 0.0221 e. The molecule has 0 aliphatic carbocycles. The molecule has 1 unspecified atom stereocenters. The Hall–Kier alpha value is -0.120. The first kappa shape index (κ1) is 15.9. The maximum atomic E-state index is 3.62. The highest BCUT2D eigenvalue weighted by atomic mass is 15.2. The van der Waals surface area contributed by atoms with Crippen LogP contribution in [0.15, 0.2) is 0 Å². The maximum absolute atomic E-state index is 3.62. The minimum absolute atomic E-state index is 0.760. The zero-order valence-corrected chi connectivity index (χ0v) is 12.9. The third kappa shape index (κ3) is 5.68. The van der Waals surface area contributed by atoms with Gasteiger partial charge in [0.1, 0.15) is 0 Å². The summed E-state index contributed by atoms with van der Waals surface area (Å²) in [4.78, 5) is 5.21. The molecule has 0 aromatic carbocycles. The normalized spacial score (nSPS) is 21.3. The Morgan fingerprint density at radius 2 is 2.00 bits per heavy atom. The van der Waals surface area contributed by atoms with Crippen molar-refractivity contribution in [3.63, 3.8) is 0 Å². The smallest absolute Gasteiger partial charge is 0.0221 e. The van der Waals surface area contributed by atoms with Crippen LogP contribution in [-0.2, 0) is 0 Å². The van der Waals surface area contributed by atoms with Gasteiger partial charge in [-0.25, -0.2) is 0 Å². The van der Waals surface area contributed by atoms with Gasteiger partial charge in [-0.1, -0.05) is 27.7 Å². The number of nitrogens with one attached hydrogen (secondary N) is 1. The van der Waals surface area contributed by atoms with Crippen molar-refractivity contribution in [2.45, 2.75) is 46.6 Å². The fraction of sp³-hybridized carbons (Fsp3) is 1.00. The highest BCUT2D eigenvalue weighted by Gasteiger charge is 2.23. The Kier molecular flexibility index (Phi) is 7.87. The standard InChI is InChI=1S/C15H33N3/c1-5-17(6-2)10-11-18-9-7-8-15(18)13-16-12-14(3)4/h14-16H,5-13H2,1-4H3. The van der Waals surface area contributed by atoms with Crippen LogP contribution in [0.3, 0.4) is 0 Å². The predicted molar refractivity (Wildman–Crippen MR) is 80.1 cm³/mol. The lowest BCUT2D eigenvalue weighted by Gasteiger charge is -2.28. The van der Waals surface area contributed by atoms with Crippen LogP contribution in [0.1, 0.15) is 40.5 Å². The first-order chi connectivity index (χ1) is 8.67. The largest absolute Gasteiger partial charge is 0.315 e. The number of hydrogen-bond acceptors (Lipinski definition) is 3. The fourth-order valence-electron chi connectivity index (χ4n) is 2.77. The van der Waals surface area contributed by atoms with E-state index in [0.29, 0.717) is 0 Å². The van der Waals surface area contributed by atoms with Crippen molar-refractivity contribution < 1.29 is 0 Å². The van der Waals surface area contributed by atoms with E-state index in [9.17, 15) is 0 Å². The van der Waals surface area contributed by atoms with Crippen LogP contribution in [0.4, 0.5) is 0 Å². The van der Waals surface area contributed by atoms with Crippen molar-refractivity contribution in [3.8, 4) is 0 Å². The summed E-state index contributed by atoms with van der Waals surface area (Å²) in [6.45, 7) is 17.5. The lowest BCUT2D eigenvalue weighted by Crippen LogP contribution is -2.42. The molecule has 0 aromatic rings. The minimum atomic E-state index is 0.760. The number of likely N-dealkylation sites (N-methyl/N-ethyl adjacent to an activating group) is 1. The zero-order valence-electron chi connectivity index (χ0n) is 12.9. The summed E-state index contributed by atoms with van der Waals surface area (Å²) in [6, 6.07) is 0.777. The van der Waals surface area contributed by atoms with E-state index in [1.165, 1.54) is 52.1 Å². The van der Waals surface area contributed by atoms with Crippen LogP contribution >= 0.6 is 0 Å². The Morgan fingerprint density at radius 1 is 1.28 bits per heavy atom. The minimum Gasteiger partial charge on any atom is -0.315 e. The summed E-state index contributed by atoms with van der Waals surface area (Å²) in [5.41, 5.74) is 0. The van der Waals surface area contributed by atoms with E-state index in [2.05, 4.69) is 42.8 Å². The highest BCUT2D eigenvalue weighted by Crippen LogP contribution is 2.16. The van der Waals surface area contributed by atoms with Gasteiger partial charge in [0.05, 0.1) is 0 Å². The first-order valence-corrected chi connectivity index (χ1v) is 7.84. The van der Waals surface area contributed by atoms with E-state index in [0.717, 1.165) is 18.5 Å². The topological polar surface area (TPSA) is 18.5 Å². The molecule has 108 valence electrons. The quantitative estimate of drug-likeness (QED) is 0.680. The van der Waals surface area contributed by atoms with Crippen LogP contribution in [0.5, 0.6) is 0 Å². The molecule has 0 saturated carbocycles. The SMILES string of the molecule is CCN(CC)CCN1CCCC1CNCC(C)C. The Labute approximate surface area is 114 Å². The summed E-state index contributed by atoms with van der Waals surface area (Å²) in [5.74, 6) is 0.760. The van der Waals surface area contributed by atoms with Gasteiger partial charge in [-0.15, -0.1) is 0 Å². The zero-order chi connectivity index (χ0) is 13.4. The molecule has 1 fully saturated rings. The molecule has 3 nitrogen and oxygen atoms in total. The number of nitrogens with zero attached hydrogens (tertiary/aromatic N) is 2. The Bertz CT molecular complexity index is 202. The van der Waals surface area contributed by atoms with Crippen LogP contribution < -0.4 is 5.32 Å². The highest BCUT2D eigenvalue weighted by molar-refractivity contribution is 4.81. The van der Waals surface area contributed by atoms with Crippen molar-refractivity contribution in [3.05, 3.63) is 0 Å². The van der Waals surface area contributed by atoms with Crippen molar-refractivity contribution in [2.24, 2.45) is 5.92 Å². The van der Waals surface area contributed by atoms with E-state index in [1.54, 1.807) is 0 Å². The molecule has 1 aliphatic heterocycles. The van der Waals surface area contributed by atoms with Gasteiger partial charge in [0.25, 0.3) is 0 Å². The number of rotatable bonds is 9. The van der Waals surface area contributed by atoms with Crippen LogP contribution in [0.25, 0.3) is 0 Å². The van der Waals surface area contributed by atoms with Gasteiger partial charge in [0.15, 0.2) is 0 Å². The van der Waals surface area contributed by atoms with Crippen LogP contribution in [-0.4, -0.2) is 61.7 Å². The van der Waals surface area contributed by atoms with E-state index in [4.69, 9.17) is 0 Å². The van der Waals surface area contributed by atoms with E-state index in [-0.39, 0.29) is 0 Å². The molecular weight excluding hydrogens is 222 g/mol. The molecule has 1 saturated heterocycles. The molecule has 0 spiro atoms. The molecule has 3 heteroatoms. The van der Waals surface area contributed by atoms with Gasteiger partial charge in [-0.05, 0) is 44.9 Å². The second kappa shape index (κ2) is 8.89. The monoisotopic (exact) mass is 255 g/mol. The second-order valence-corrected chi connectivity index (χ2v) is 5.91. The van der Waals surface area contributed by atoms with Gasteiger partial charge in [0, 0.05) is 25.7 Å². The number of hydrogen-bond donors (Lipinski definition) is 1. The average Bonchev–Trinajstić information content (AvgIpc) is 2.78. The van der Waals surface area contributed by atoms with Gasteiger partial charge in [-0.2, -0.15) is 0 Å². The van der Waals surface area contributed by atoms with Crippen LogP contribution in [0.2, 0.25) is 0 Å². The molecule has 1 aliphatic rings. The van der Waals surface area contributed by atoms with Gasteiger partial charge in [-0.3, -0.25) is 4.90 Å². The fourth-order valence-corrected chi connectivity index (χ4v) is 2.77. The third-order valence-corrected chi connectivity index (χ3v) is 4.03. The third-order valence-electron chi connectivity index (χ3n) is 4.03. The van der Waals surface area contributed by atoms with Crippen molar-refractivity contribution in [1.82, 2.24) is 15.1 Å². The van der Waals surface area contributed by atoms with Crippen LogP contribution in [0, 0.1) is 5.92 Å². The molecule has 0 radical (unpaired) electrons. The van der Waals surface area contributed by atoms with E-state index >= 15 is 0 Å². The molecule has 1 atom stereocenters. The second-order valence-electron chi connectivity index (χ2n) is 5.91. The summed E-state index contributed by atoms with van der Waals surface area (Å²) in [7, 11) is 0. The van der Waals surface area contributed by atoms with Crippen molar-refractivity contribution in [1.29, 1.82) is 0 Å². The summed E-state index contributed by atoms with van der Waals surface area (Å²) >= 11 is 0. The number of likely N-dealkylation sites (tertiary alicyclic amines) is 1. The first-order valence-electron chi connectivity index (χ1n) is 7.84.